The standard InChI is InChI=1S/C19H15FN8/c20-14-9-13-17(10-15(14)24-26-21)28-11-22-25-19(28)23-18(13)27-8-4-3-6-12-5-1-2-7-16(12)27/h1-2,5,7,9-11H,3-4,6,8H2. The average molecular weight is 374 g/mol. The van der Waals surface area contributed by atoms with E-state index in [0.717, 1.165) is 31.5 Å². The molecular weight excluding hydrogens is 359 g/mol. The predicted molar refractivity (Wildman–Crippen MR) is 103 cm³/mol. The van der Waals surface area contributed by atoms with Gasteiger partial charge in [0, 0.05) is 22.5 Å². The molecule has 0 fully saturated rings. The number of nitrogens with zero attached hydrogens (tertiary/aromatic N) is 8. The summed E-state index contributed by atoms with van der Waals surface area (Å²) in [5.74, 6) is 0.433. The van der Waals surface area contributed by atoms with Crippen LogP contribution in [-0.2, 0) is 6.42 Å². The van der Waals surface area contributed by atoms with Crippen LogP contribution in [0.3, 0.4) is 0 Å². The van der Waals surface area contributed by atoms with Crippen LogP contribution < -0.4 is 4.90 Å². The molecule has 1 aliphatic heterocycles. The second-order valence-electron chi connectivity index (χ2n) is 6.68. The molecule has 0 amide bonds. The zero-order chi connectivity index (χ0) is 19.1. The first kappa shape index (κ1) is 16.5. The minimum absolute atomic E-state index is 0.0709. The molecule has 0 radical (unpaired) electrons. The molecule has 2 aromatic carbocycles. The van der Waals surface area contributed by atoms with E-state index in [0.29, 0.717) is 22.5 Å². The molecule has 8 nitrogen and oxygen atoms in total. The van der Waals surface area contributed by atoms with Crippen LogP contribution in [0, 0.1) is 5.82 Å². The van der Waals surface area contributed by atoms with Crippen molar-refractivity contribution >= 4 is 33.9 Å². The van der Waals surface area contributed by atoms with Crippen LogP contribution in [0.25, 0.3) is 27.1 Å². The Kier molecular flexibility index (Phi) is 3.80. The molecule has 0 aliphatic carbocycles. The van der Waals surface area contributed by atoms with Crippen molar-refractivity contribution in [3.05, 3.63) is 64.5 Å². The average Bonchev–Trinajstić information content (AvgIpc) is 3.08. The van der Waals surface area contributed by atoms with Crippen LogP contribution in [0.5, 0.6) is 0 Å². The van der Waals surface area contributed by atoms with Gasteiger partial charge in [-0.15, -0.1) is 10.2 Å². The molecule has 5 rings (SSSR count). The summed E-state index contributed by atoms with van der Waals surface area (Å²) in [7, 11) is 0. The van der Waals surface area contributed by atoms with E-state index >= 15 is 0 Å². The van der Waals surface area contributed by atoms with Gasteiger partial charge in [-0.2, -0.15) is 4.98 Å². The first-order valence-electron chi connectivity index (χ1n) is 9.00. The van der Waals surface area contributed by atoms with E-state index < -0.39 is 5.82 Å². The number of hydrogen-bond donors (Lipinski definition) is 0. The molecule has 0 N–H and O–H groups in total. The van der Waals surface area contributed by atoms with Gasteiger partial charge < -0.3 is 4.90 Å². The number of para-hydroxylation sites is 1. The van der Waals surface area contributed by atoms with Crippen LogP contribution in [0.1, 0.15) is 18.4 Å². The van der Waals surface area contributed by atoms with Crippen molar-refractivity contribution in [2.75, 3.05) is 11.4 Å². The highest BCUT2D eigenvalue weighted by Crippen LogP contribution is 2.37. The van der Waals surface area contributed by atoms with Gasteiger partial charge in [0.15, 0.2) is 0 Å². The maximum atomic E-state index is 14.6. The summed E-state index contributed by atoms with van der Waals surface area (Å²) >= 11 is 0. The SMILES string of the molecule is [N-]=[N+]=Nc1cc2c(cc1F)c(N1CCCCc3ccccc31)nc1nncn12. The monoisotopic (exact) mass is 374 g/mol. The summed E-state index contributed by atoms with van der Waals surface area (Å²) in [6.07, 6.45) is 4.58. The van der Waals surface area contributed by atoms with Crippen molar-refractivity contribution in [2.24, 2.45) is 5.11 Å². The fourth-order valence-electron chi connectivity index (χ4n) is 3.80. The lowest BCUT2D eigenvalue weighted by atomic mass is 10.1. The second-order valence-corrected chi connectivity index (χ2v) is 6.68. The Balaban J connectivity index is 1.84. The lowest BCUT2D eigenvalue weighted by molar-refractivity contribution is 0.631. The highest BCUT2D eigenvalue weighted by molar-refractivity contribution is 5.95. The van der Waals surface area contributed by atoms with Crippen molar-refractivity contribution in [2.45, 2.75) is 19.3 Å². The Labute approximate surface area is 158 Å². The summed E-state index contributed by atoms with van der Waals surface area (Å²) < 4.78 is 16.3. The Morgan fingerprint density at radius 2 is 2.07 bits per heavy atom. The van der Waals surface area contributed by atoms with E-state index in [1.807, 2.05) is 12.1 Å². The highest BCUT2D eigenvalue weighted by Gasteiger charge is 2.22. The van der Waals surface area contributed by atoms with Gasteiger partial charge in [0.25, 0.3) is 5.78 Å². The minimum Gasteiger partial charge on any atom is -0.325 e. The molecule has 0 unspecified atom stereocenters. The minimum atomic E-state index is -0.594. The molecule has 28 heavy (non-hydrogen) atoms. The lowest BCUT2D eigenvalue weighted by Crippen LogP contribution is -2.20. The van der Waals surface area contributed by atoms with Gasteiger partial charge in [0.2, 0.25) is 0 Å². The van der Waals surface area contributed by atoms with E-state index in [1.54, 1.807) is 4.40 Å². The molecule has 9 heteroatoms. The number of fused-ring (bicyclic) bond motifs is 4. The fourth-order valence-corrected chi connectivity index (χ4v) is 3.80. The van der Waals surface area contributed by atoms with Crippen molar-refractivity contribution in [1.29, 1.82) is 0 Å². The largest absolute Gasteiger partial charge is 0.325 e. The number of hydrogen-bond acceptors (Lipinski definition) is 5. The summed E-state index contributed by atoms with van der Waals surface area (Å²) in [6.45, 7) is 0.767. The molecule has 3 heterocycles. The maximum absolute atomic E-state index is 14.6. The summed E-state index contributed by atoms with van der Waals surface area (Å²) in [5, 5.41) is 12.1. The van der Waals surface area contributed by atoms with Gasteiger partial charge in [0.1, 0.15) is 18.0 Å². The molecule has 1 aliphatic rings. The van der Waals surface area contributed by atoms with E-state index in [9.17, 15) is 4.39 Å². The molecule has 2 aromatic heterocycles. The number of azide groups is 1. The summed E-state index contributed by atoms with van der Waals surface area (Å²) in [6, 6.07) is 11.1. The van der Waals surface area contributed by atoms with Crippen LogP contribution in [0.2, 0.25) is 0 Å². The Bertz CT molecular complexity index is 1260. The zero-order valence-corrected chi connectivity index (χ0v) is 14.8. The predicted octanol–water partition coefficient (Wildman–Crippen LogP) is 4.83. The van der Waals surface area contributed by atoms with Crippen LogP contribution in [0.4, 0.5) is 21.6 Å². The third-order valence-corrected chi connectivity index (χ3v) is 5.07. The van der Waals surface area contributed by atoms with Crippen molar-refractivity contribution in [3.8, 4) is 0 Å². The highest BCUT2D eigenvalue weighted by atomic mass is 19.1. The Hall–Kier alpha value is -3.71. The van der Waals surface area contributed by atoms with Crippen LogP contribution in [-0.4, -0.2) is 26.1 Å². The van der Waals surface area contributed by atoms with Gasteiger partial charge >= 0.3 is 0 Å². The summed E-state index contributed by atoms with van der Waals surface area (Å²) in [4.78, 5) is 9.52. The van der Waals surface area contributed by atoms with Crippen LogP contribution >= 0.6 is 0 Å². The first-order chi connectivity index (χ1) is 13.8. The first-order valence-corrected chi connectivity index (χ1v) is 9.00. The number of rotatable bonds is 2. The number of aryl methyl sites for hydroxylation is 1. The molecule has 4 aromatic rings. The molecule has 0 saturated carbocycles. The van der Waals surface area contributed by atoms with Gasteiger partial charge in [0.05, 0.1) is 11.2 Å². The number of anilines is 2. The topological polar surface area (TPSA) is 95.1 Å². The number of aromatic nitrogens is 4. The normalized spacial score (nSPS) is 14.0. The van der Waals surface area contributed by atoms with E-state index in [2.05, 4.69) is 42.2 Å². The van der Waals surface area contributed by atoms with Gasteiger partial charge in [-0.25, -0.2) is 4.39 Å². The summed E-state index contributed by atoms with van der Waals surface area (Å²) in [5.41, 5.74) is 11.6. The van der Waals surface area contributed by atoms with Crippen molar-refractivity contribution in [3.63, 3.8) is 0 Å². The fraction of sp³-hybridized carbons (Fsp3) is 0.211. The molecule has 0 spiro atoms. The lowest BCUT2D eigenvalue weighted by Gasteiger charge is -2.25. The van der Waals surface area contributed by atoms with E-state index in [1.165, 1.54) is 24.0 Å². The zero-order valence-electron chi connectivity index (χ0n) is 14.8. The van der Waals surface area contributed by atoms with E-state index in [4.69, 9.17) is 5.53 Å². The number of benzene rings is 2. The smallest absolute Gasteiger partial charge is 0.257 e. The van der Waals surface area contributed by atoms with Gasteiger partial charge in [-0.1, -0.05) is 23.3 Å². The third kappa shape index (κ3) is 2.52. The van der Waals surface area contributed by atoms with Crippen molar-refractivity contribution in [1.82, 2.24) is 19.6 Å². The third-order valence-electron chi connectivity index (χ3n) is 5.07. The molecular formula is C19H15FN8. The molecule has 138 valence electrons. The molecule has 0 bridgehead atoms. The van der Waals surface area contributed by atoms with Gasteiger partial charge in [-0.3, -0.25) is 4.40 Å². The van der Waals surface area contributed by atoms with Crippen LogP contribution in [0.15, 0.2) is 47.8 Å². The Morgan fingerprint density at radius 3 is 2.96 bits per heavy atom. The maximum Gasteiger partial charge on any atom is 0.257 e. The Morgan fingerprint density at radius 1 is 1.18 bits per heavy atom. The second kappa shape index (κ2) is 6.47. The molecule has 0 saturated heterocycles. The van der Waals surface area contributed by atoms with Gasteiger partial charge in [-0.05, 0) is 48.6 Å². The quantitative estimate of drug-likeness (QED) is 0.285. The molecule has 0 atom stereocenters. The number of halogens is 1. The van der Waals surface area contributed by atoms with Crippen molar-refractivity contribution < 1.29 is 4.39 Å². The van der Waals surface area contributed by atoms with E-state index in [-0.39, 0.29) is 5.69 Å².